The monoisotopic (exact) mass is 265 g/mol. The van der Waals surface area contributed by atoms with Crippen molar-refractivity contribution in [2.24, 2.45) is 5.92 Å². The highest BCUT2D eigenvalue weighted by Crippen LogP contribution is 2.13. The van der Waals surface area contributed by atoms with Gasteiger partial charge in [-0.1, -0.05) is 13.8 Å². The van der Waals surface area contributed by atoms with Crippen molar-refractivity contribution < 1.29 is 0 Å². The molecule has 1 aromatic rings. The van der Waals surface area contributed by atoms with Crippen LogP contribution in [0.4, 0.5) is 0 Å². The van der Waals surface area contributed by atoms with Crippen LogP contribution in [0, 0.1) is 5.92 Å². The van der Waals surface area contributed by atoms with Gasteiger partial charge >= 0.3 is 0 Å². The van der Waals surface area contributed by atoms with Gasteiger partial charge < -0.3 is 5.32 Å². The number of hydrogen-bond donors (Lipinski definition) is 1. The summed E-state index contributed by atoms with van der Waals surface area (Å²) in [6, 6.07) is 0. The number of aromatic nitrogens is 3. The maximum atomic E-state index is 4.41. The Hall–Kier alpha value is -0.940. The van der Waals surface area contributed by atoms with E-state index in [-0.39, 0.29) is 0 Å². The molecule has 1 aromatic heterocycles. The van der Waals surface area contributed by atoms with Crippen LogP contribution >= 0.6 is 0 Å². The molecule has 5 heteroatoms. The van der Waals surface area contributed by atoms with Crippen LogP contribution in [0.3, 0.4) is 0 Å². The molecular formula is C14H27N5. The number of rotatable bonds is 7. The average molecular weight is 265 g/mol. The zero-order valence-corrected chi connectivity index (χ0v) is 12.3. The number of nitrogens with one attached hydrogen (secondary N) is 1. The van der Waals surface area contributed by atoms with E-state index < -0.39 is 0 Å². The van der Waals surface area contributed by atoms with Gasteiger partial charge in [0.05, 0.1) is 6.54 Å². The topological polar surface area (TPSA) is 46.0 Å². The fourth-order valence-electron chi connectivity index (χ4n) is 2.76. The van der Waals surface area contributed by atoms with Crippen LogP contribution in [0.5, 0.6) is 0 Å². The van der Waals surface area contributed by atoms with Crippen molar-refractivity contribution >= 4 is 0 Å². The molecule has 108 valence electrons. The summed E-state index contributed by atoms with van der Waals surface area (Å²) in [6.07, 6.45) is 5.45. The predicted molar refractivity (Wildman–Crippen MR) is 76.9 cm³/mol. The fourth-order valence-corrected chi connectivity index (χ4v) is 2.76. The minimum atomic E-state index is 0.788. The molecule has 1 unspecified atom stereocenters. The average Bonchev–Trinajstić information content (AvgIpc) is 2.87. The summed E-state index contributed by atoms with van der Waals surface area (Å²) in [5.74, 6) is 1.89. The van der Waals surface area contributed by atoms with Crippen molar-refractivity contribution in [3.8, 4) is 0 Å². The first-order valence-electron chi connectivity index (χ1n) is 7.63. The van der Waals surface area contributed by atoms with E-state index >= 15 is 0 Å². The summed E-state index contributed by atoms with van der Waals surface area (Å²) in [7, 11) is 0. The minimum absolute atomic E-state index is 0.788. The van der Waals surface area contributed by atoms with Gasteiger partial charge in [-0.05, 0) is 44.8 Å². The van der Waals surface area contributed by atoms with E-state index in [9.17, 15) is 0 Å². The van der Waals surface area contributed by atoms with Gasteiger partial charge in [0.2, 0.25) is 0 Å². The van der Waals surface area contributed by atoms with Crippen LogP contribution in [0.1, 0.15) is 38.9 Å². The van der Waals surface area contributed by atoms with Gasteiger partial charge in [0.25, 0.3) is 0 Å². The number of piperidine rings is 1. The first-order valence-corrected chi connectivity index (χ1v) is 7.63. The van der Waals surface area contributed by atoms with Gasteiger partial charge in [0.15, 0.2) is 0 Å². The van der Waals surface area contributed by atoms with Crippen LogP contribution in [0.15, 0.2) is 6.33 Å². The maximum Gasteiger partial charge on any atom is 0.141 e. The minimum Gasteiger partial charge on any atom is -0.316 e. The summed E-state index contributed by atoms with van der Waals surface area (Å²) < 4.78 is 2.04. The Balaban J connectivity index is 1.88. The van der Waals surface area contributed by atoms with Crippen LogP contribution < -0.4 is 5.32 Å². The van der Waals surface area contributed by atoms with Gasteiger partial charge in [-0.3, -0.25) is 4.90 Å². The summed E-state index contributed by atoms with van der Waals surface area (Å²) in [6.45, 7) is 10.9. The van der Waals surface area contributed by atoms with Crippen molar-refractivity contribution in [1.82, 2.24) is 25.0 Å². The molecule has 2 heterocycles. The van der Waals surface area contributed by atoms with Crippen molar-refractivity contribution in [3.63, 3.8) is 0 Å². The number of nitrogens with zero attached hydrogens (tertiary/aromatic N) is 4. The van der Waals surface area contributed by atoms with Crippen LogP contribution in [-0.4, -0.2) is 45.8 Å². The Bertz CT molecular complexity index is 356. The van der Waals surface area contributed by atoms with E-state index in [0.717, 1.165) is 44.3 Å². The van der Waals surface area contributed by atoms with E-state index in [1.165, 1.54) is 25.9 Å². The first-order chi connectivity index (χ1) is 9.33. The molecule has 0 radical (unpaired) electrons. The molecule has 2 rings (SSSR count). The summed E-state index contributed by atoms with van der Waals surface area (Å²) >= 11 is 0. The number of hydrogen-bond acceptors (Lipinski definition) is 4. The zero-order chi connectivity index (χ0) is 13.5. The lowest BCUT2D eigenvalue weighted by molar-refractivity contribution is 0.202. The van der Waals surface area contributed by atoms with Crippen LogP contribution in [-0.2, 0) is 13.1 Å². The Labute approximate surface area is 116 Å². The molecule has 0 bridgehead atoms. The van der Waals surface area contributed by atoms with Gasteiger partial charge in [-0.15, -0.1) is 0 Å². The quantitative estimate of drug-likeness (QED) is 0.812. The van der Waals surface area contributed by atoms with Gasteiger partial charge in [-0.25, -0.2) is 9.67 Å². The molecular weight excluding hydrogens is 238 g/mol. The van der Waals surface area contributed by atoms with Gasteiger partial charge in [0.1, 0.15) is 12.2 Å². The van der Waals surface area contributed by atoms with Crippen molar-refractivity contribution in [3.05, 3.63) is 12.2 Å². The Morgan fingerprint density at radius 1 is 1.47 bits per heavy atom. The molecule has 0 aliphatic carbocycles. The van der Waals surface area contributed by atoms with Crippen molar-refractivity contribution in [1.29, 1.82) is 0 Å². The lowest BCUT2D eigenvalue weighted by Crippen LogP contribution is -2.38. The molecule has 1 atom stereocenters. The van der Waals surface area contributed by atoms with E-state index in [1.54, 1.807) is 6.33 Å². The molecule has 0 amide bonds. The lowest BCUT2D eigenvalue weighted by Gasteiger charge is -2.29. The molecule has 19 heavy (non-hydrogen) atoms. The van der Waals surface area contributed by atoms with E-state index in [1.807, 2.05) is 4.68 Å². The van der Waals surface area contributed by atoms with Crippen molar-refractivity contribution in [2.45, 2.75) is 46.2 Å². The Morgan fingerprint density at radius 3 is 3.05 bits per heavy atom. The molecule has 5 nitrogen and oxygen atoms in total. The molecule has 0 aromatic carbocycles. The highest BCUT2D eigenvalue weighted by molar-refractivity contribution is 4.85. The van der Waals surface area contributed by atoms with E-state index in [2.05, 4.69) is 34.1 Å². The smallest absolute Gasteiger partial charge is 0.141 e. The second-order valence-electron chi connectivity index (χ2n) is 5.44. The number of aryl methyl sites for hydroxylation is 1. The van der Waals surface area contributed by atoms with Crippen molar-refractivity contribution in [2.75, 3.05) is 26.2 Å². The third kappa shape index (κ3) is 4.28. The zero-order valence-electron chi connectivity index (χ0n) is 12.3. The molecule has 1 aliphatic rings. The standard InChI is InChI=1S/C14H27N5/c1-3-8-19-14(16-12-17-19)11-18(4-2)10-13-6-5-7-15-9-13/h12-13,15H,3-11H2,1-2H3. The predicted octanol–water partition coefficient (Wildman–Crippen LogP) is 1.51. The molecule has 1 N–H and O–H groups in total. The third-order valence-corrected chi connectivity index (χ3v) is 3.86. The normalized spacial score (nSPS) is 20.1. The lowest BCUT2D eigenvalue weighted by atomic mass is 9.99. The summed E-state index contributed by atoms with van der Waals surface area (Å²) in [4.78, 5) is 6.90. The largest absolute Gasteiger partial charge is 0.316 e. The van der Waals surface area contributed by atoms with Crippen LogP contribution in [0.2, 0.25) is 0 Å². The highest BCUT2D eigenvalue weighted by Gasteiger charge is 2.17. The fraction of sp³-hybridized carbons (Fsp3) is 0.857. The Kier molecular flexibility index (Phi) is 5.79. The molecule has 1 fully saturated rings. The van der Waals surface area contributed by atoms with E-state index in [4.69, 9.17) is 0 Å². The SMILES string of the molecule is CCCn1ncnc1CN(CC)CC1CCCNC1. The van der Waals surface area contributed by atoms with Gasteiger partial charge in [-0.2, -0.15) is 5.10 Å². The summed E-state index contributed by atoms with van der Waals surface area (Å²) in [5, 5.41) is 7.80. The second kappa shape index (κ2) is 7.60. The molecule has 1 aliphatic heterocycles. The summed E-state index contributed by atoms with van der Waals surface area (Å²) in [5.41, 5.74) is 0. The second-order valence-corrected chi connectivity index (χ2v) is 5.44. The van der Waals surface area contributed by atoms with Gasteiger partial charge in [0, 0.05) is 13.1 Å². The Morgan fingerprint density at radius 2 is 2.37 bits per heavy atom. The highest BCUT2D eigenvalue weighted by atomic mass is 15.3. The van der Waals surface area contributed by atoms with E-state index in [0.29, 0.717) is 0 Å². The molecule has 0 saturated carbocycles. The molecule has 0 spiro atoms. The first kappa shape index (κ1) is 14.5. The van der Waals surface area contributed by atoms with Crippen LogP contribution in [0.25, 0.3) is 0 Å². The third-order valence-electron chi connectivity index (χ3n) is 3.86. The molecule has 1 saturated heterocycles. The maximum absolute atomic E-state index is 4.41.